The Balaban J connectivity index is 2.07. The Bertz CT molecular complexity index is 419. The minimum absolute atomic E-state index is 0.274. The lowest BCUT2D eigenvalue weighted by atomic mass is 10.1. The van der Waals surface area contributed by atoms with Crippen molar-refractivity contribution in [1.29, 1.82) is 0 Å². The summed E-state index contributed by atoms with van der Waals surface area (Å²) in [5, 5.41) is 9.15. The van der Waals surface area contributed by atoms with Crippen LogP contribution >= 0.6 is 0 Å². The smallest absolute Gasteiger partial charge is 0.336 e. The summed E-state index contributed by atoms with van der Waals surface area (Å²) in [6.07, 6.45) is 1.27. The molecular weight excluding hydrogens is 230 g/mol. The summed E-state index contributed by atoms with van der Waals surface area (Å²) in [6, 6.07) is 7.20. The van der Waals surface area contributed by atoms with E-state index in [2.05, 4.69) is 11.8 Å². The van der Waals surface area contributed by atoms with Gasteiger partial charge >= 0.3 is 5.97 Å². The van der Waals surface area contributed by atoms with Crippen molar-refractivity contribution in [3.63, 3.8) is 0 Å². The average molecular weight is 249 g/mol. The quantitative estimate of drug-likeness (QED) is 0.886. The molecule has 0 bridgehead atoms. The van der Waals surface area contributed by atoms with Gasteiger partial charge in [-0.3, -0.25) is 4.90 Å². The largest absolute Gasteiger partial charge is 0.478 e. The molecule has 1 aromatic rings. The number of benzene rings is 1. The molecule has 0 aliphatic carbocycles. The molecule has 1 saturated heterocycles. The van der Waals surface area contributed by atoms with Crippen molar-refractivity contribution in [2.24, 2.45) is 0 Å². The summed E-state index contributed by atoms with van der Waals surface area (Å²) >= 11 is 0. The van der Waals surface area contributed by atoms with E-state index in [0.717, 1.165) is 31.7 Å². The highest BCUT2D eigenvalue weighted by molar-refractivity contribution is 5.89. The van der Waals surface area contributed by atoms with Gasteiger partial charge in [-0.05, 0) is 18.1 Å². The lowest BCUT2D eigenvalue weighted by Crippen LogP contribution is -2.41. The summed E-state index contributed by atoms with van der Waals surface area (Å²) in [5.41, 5.74) is 1.28. The third-order valence-corrected chi connectivity index (χ3v) is 3.32. The minimum Gasteiger partial charge on any atom is -0.478 e. The fourth-order valence-corrected chi connectivity index (χ4v) is 2.28. The molecule has 1 heterocycles. The van der Waals surface area contributed by atoms with Crippen molar-refractivity contribution in [2.45, 2.75) is 26.0 Å². The van der Waals surface area contributed by atoms with Crippen LogP contribution in [0.15, 0.2) is 24.3 Å². The Labute approximate surface area is 107 Å². The van der Waals surface area contributed by atoms with Gasteiger partial charge in [0.15, 0.2) is 0 Å². The molecule has 1 fully saturated rings. The van der Waals surface area contributed by atoms with Gasteiger partial charge in [-0.2, -0.15) is 0 Å². The highest BCUT2D eigenvalue weighted by atomic mass is 16.5. The zero-order valence-corrected chi connectivity index (χ0v) is 10.6. The van der Waals surface area contributed by atoms with Crippen LogP contribution in [0.3, 0.4) is 0 Å². The first-order valence-corrected chi connectivity index (χ1v) is 6.36. The molecule has 2 rings (SSSR count). The first kappa shape index (κ1) is 13.1. The topological polar surface area (TPSA) is 49.8 Å². The molecule has 1 aliphatic heterocycles. The Kier molecular flexibility index (Phi) is 4.33. The van der Waals surface area contributed by atoms with Gasteiger partial charge in [0.05, 0.1) is 18.3 Å². The normalized spacial score (nSPS) is 20.8. The summed E-state index contributed by atoms with van der Waals surface area (Å²) < 4.78 is 5.61. The molecule has 18 heavy (non-hydrogen) atoms. The number of carbonyl (C=O) groups is 1. The van der Waals surface area contributed by atoms with Crippen LogP contribution in [-0.4, -0.2) is 41.8 Å². The van der Waals surface area contributed by atoms with E-state index in [1.54, 1.807) is 12.1 Å². The van der Waals surface area contributed by atoms with Crippen molar-refractivity contribution in [3.8, 4) is 0 Å². The molecule has 1 unspecified atom stereocenters. The van der Waals surface area contributed by atoms with Gasteiger partial charge in [0.25, 0.3) is 0 Å². The standard InChI is InChI=1S/C14H19NO3/c1-2-12-10-15(7-8-18-12)9-11-5-3-4-6-13(11)14(16)17/h3-6,12H,2,7-10H2,1H3,(H,16,17). The molecule has 4 heteroatoms. The molecule has 0 amide bonds. The molecule has 1 aliphatic rings. The van der Waals surface area contributed by atoms with Gasteiger partial charge in [0.2, 0.25) is 0 Å². The molecule has 4 nitrogen and oxygen atoms in total. The fraction of sp³-hybridized carbons (Fsp3) is 0.500. The highest BCUT2D eigenvalue weighted by Crippen LogP contribution is 2.15. The molecule has 1 aromatic carbocycles. The van der Waals surface area contributed by atoms with Crippen molar-refractivity contribution < 1.29 is 14.6 Å². The van der Waals surface area contributed by atoms with E-state index < -0.39 is 5.97 Å². The first-order chi connectivity index (χ1) is 8.70. The van der Waals surface area contributed by atoms with Gasteiger partial charge in [0.1, 0.15) is 0 Å². The number of ether oxygens (including phenoxy) is 1. The Morgan fingerprint density at radius 1 is 1.50 bits per heavy atom. The number of aromatic carboxylic acids is 1. The molecule has 1 N–H and O–H groups in total. The number of hydrogen-bond acceptors (Lipinski definition) is 3. The van der Waals surface area contributed by atoms with Crippen LogP contribution in [0, 0.1) is 0 Å². The molecule has 0 spiro atoms. The number of nitrogens with zero attached hydrogens (tertiary/aromatic N) is 1. The lowest BCUT2D eigenvalue weighted by Gasteiger charge is -2.32. The number of rotatable bonds is 4. The van der Waals surface area contributed by atoms with Crippen molar-refractivity contribution in [3.05, 3.63) is 35.4 Å². The van der Waals surface area contributed by atoms with E-state index in [9.17, 15) is 4.79 Å². The van der Waals surface area contributed by atoms with Crippen LogP contribution in [0.25, 0.3) is 0 Å². The number of carboxylic acids is 1. The Morgan fingerprint density at radius 2 is 2.28 bits per heavy atom. The second-order valence-corrected chi connectivity index (χ2v) is 4.60. The fourth-order valence-electron chi connectivity index (χ4n) is 2.28. The summed E-state index contributed by atoms with van der Waals surface area (Å²) in [4.78, 5) is 13.4. The Hall–Kier alpha value is -1.39. The van der Waals surface area contributed by atoms with E-state index >= 15 is 0 Å². The predicted octanol–water partition coefficient (Wildman–Crippen LogP) is 2.00. The molecule has 1 atom stereocenters. The van der Waals surface area contributed by atoms with Gasteiger partial charge in [-0.1, -0.05) is 25.1 Å². The first-order valence-electron chi connectivity index (χ1n) is 6.36. The summed E-state index contributed by atoms with van der Waals surface area (Å²) in [5.74, 6) is -0.856. The van der Waals surface area contributed by atoms with Crippen LogP contribution in [0.1, 0.15) is 29.3 Å². The predicted molar refractivity (Wildman–Crippen MR) is 68.7 cm³/mol. The van der Waals surface area contributed by atoms with Gasteiger partial charge in [0, 0.05) is 19.6 Å². The summed E-state index contributed by atoms with van der Waals surface area (Å²) in [6.45, 7) is 5.27. The van der Waals surface area contributed by atoms with Crippen LogP contribution < -0.4 is 0 Å². The average Bonchev–Trinajstić information content (AvgIpc) is 2.39. The van der Waals surface area contributed by atoms with E-state index in [4.69, 9.17) is 9.84 Å². The highest BCUT2D eigenvalue weighted by Gasteiger charge is 2.20. The second-order valence-electron chi connectivity index (χ2n) is 4.60. The maximum Gasteiger partial charge on any atom is 0.336 e. The number of carboxylic acid groups (broad SMARTS) is 1. The van der Waals surface area contributed by atoms with Gasteiger partial charge in [-0.25, -0.2) is 4.79 Å². The van der Waals surface area contributed by atoms with Crippen molar-refractivity contribution in [2.75, 3.05) is 19.7 Å². The van der Waals surface area contributed by atoms with Crippen molar-refractivity contribution in [1.82, 2.24) is 4.90 Å². The SMILES string of the molecule is CCC1CN(Cc2ccccc2C(=O)O)CCO1. The molecule has 0 aromatic heterocycles. The lowest BCUT2D eigenvalue weighted by molar-refractivity contribution is -0.0325. The molecular formula is C14H19NO3. The third kappa shape index (κ3) is 3.09. The van der Waals surface area contributed by atoms with Crippen LogP contribution in [0.4, 0.5) is 0 Å². The zero-order valence-electron chi connectivity index (χ0n) is 10.6. The molecule has 0 saturated carbocycles. The van der Waals surface area contributed by atoms with E-state index in [1.807, 2.05) is 12.1 Å². The van der Waals surface area contributed by atoms with E-state index in [0.29, 0.717) is 12.1 Å². The van der Waals surface area contributed by atoms with E-state index in [-0.39, 0.29) is 6.10 Å². The molecule has 0 radical (unpaired) electrons. The van der Waals surface area contributed by atoms with Crippen LogP contribution in [0.5, 0.6) is 0 Å². The third-order valence-electron chi connectivity index (χ3n) is 3.32. The van der Waals surface area contributed by atoms with Crippen molar-refractivity contribution >= 4 is 5.97 Å². The molecule has 98 valence electrons. The minimum atomic E-state index is -0.856. The maximum absolute atomic E-state index is 11.1. The summed E-state index contributed by atoms with van der Waals surface area (Å²) in [7, 11) is 0. The maximum atomic E-state index is 11.1. The number of morpholine rings is 1. The van der Waals surface area contributed by atoms with Crippen LogP contribution in [0.2, 0.25) is 0 Å². The van der Waals surface area contributed by atoms with Gasteiger partial charge < -0.3 is 9.84 Å². The van der Waals surface area contributed by atoms with Gasteiger partial charge in [-0.15, -0.1) is 0 Å². The van der Waals surface area contributed by atoms with Crippen LogP contribution in [-0.2, 0) is 11.3 Å². The monoisotopic (exact) mass is 249 g/mol. The van der Waals surface area contributed by atoms with E-state index in [1.165, 1.54) is 0 Å². The zero-order chi connectivity index (χ0) is 13.0. The Morgan fingerprint density at radius 3 is 3.00 bits per heavy atom. The number of hydrogen-bond donors (Lipinski definition) is 1. The second kappa shape index (κ2) is 5.98.